The highest BCUT2D eigenvalue weighted by Gasteiger charge is 2.36. The van der Waals surface area contributed by atoms with Gasteiger partial charge in [0, 0.05) is 50.8 Å². The molecule has 1 aromatic carbocycles. The highest BCUT2D eigenvalue weighted by atomic mass is 32.2. The van der Waals surface area contributed by atoms with Crippen LogP contribution >= 0.6 is 0 Å². The zero-order valence-corrected chi connectivity index (χ0v) is 16.7. The van der Waals surface area contributed by atoms with Gasteiger partial charge in [-0.2, -0.15) is 13.2 Å². The Labute approximate surface area is 171 Å². The lowest BCUT2D eigenvalue weighted by Gasteiger charge is -2.37. The van der Waals surface area contributed by atoms with Crippen molar-refractivity contribution in [2.24, 2.45) is 5.14 Å². The van der Waals surface area contributed by atoms with E-state index in [-0.39, 0.29) is 5.69 Å². The number of alkyl halides is 3. The molecule has 1 aliphatic heterocycles. The van der Waals surface area contributed by atoms with Gasteiger partial charge in [-0.3, -0.25) is 4.90 Å². The van der Waals surface area contributed by atoms with Gasteiger partial charge in [-0.05, 0) is 30.3 Å². The topological polar surface area (TPSA) is 83.9 Å². The van der Waals surface area contributed by atoms with Gasteiger partial charge < -0.3 is 9.30 Å². The van der Waals surface area contributed by atoms with Crippen LogP contribution in [-0.4, -0.2) is 48.9 Å². The molecule has 3 aromatic rings. The van der Waals surface area contributed by atoms with Gasteiger partial charge in [-0.25, -0.2) is 18.5 Å². The van der Waals surface area contributed by atoms with Gasteiger partial charge in [-0.15, -0.1) is 0 Å². The van der Waals surface area contributed by atoms with Crippen LogP contribution in [0.25, 0.3) is 5.65 Å². The standard InChI is InChI=1S/C19H20F3N5O2S/c20-19(21,22)16-11-15(30(23,28)29)4-5-17(16)26-9-7-25(8-10-26)12-14-13-27-6-2-1-3-18(27)24-14/h1-6,11,13H,7-10,12H2,(H2,23,28,29). The second kappa shape index (κ2) is 7.56. The molecule has 1 aliphatic rings. The molecule has 30 heavy (non-hydrogen) atoms. The summed E-state index contributed by atoms with van der Waals surface area (Å²) in [5, 5.41) is 4.99. The summed E-state index contributed by atoms with van der Waals surface area (Å²) < 4.78 is 65.5. The van der Waals surface area contributed by atoms with Crippen LogP contribution in [0.5, 0.6) is 0 Å². The number of rotatable bonds is 4. The minimum Gasteiger partial charge on any atom is -0.368 e. The first-order chi connectivity index (χ1) is 14.1. The normalized spacial score (nSPS) is 16.3. The second-order valence-electron chi connectivity index (χ2n) is 7.18. The highest BCUT2D eigenvalue weighted by molar-refractivity contribution is 7.89. The Kier molecular flexibility index (Phi) is 5.20. The fourth-order valence-corrected chi connectivity index (χ4v) is 4.17. The van der Waals surface area contributed by atoms with Crippen molar-refractivity contribution in [1.29, 1.82) is 0 Å². The summed E-state index contributed by atoms with van der Waals surface area (Å²) in [7, 11) is -4.22. The van der Waals surface area contributed by atoms with E-state index in [4.69, 9.17) is 5.14 Å². The Morgan fingerprint density at radius 2 is 1.80 bits per heavy atom. The van der Waals surface area contributed by atoms with Crippen LogP contribution in [0.15, 0.2) is 53.7 Å². The van der Waals surface area contributed by atoms with E-state index < -0.39 is 26.7 Å². The molecule has 0 aliphatic carbocycles. The number of pyridine rings is 1. The van der Waals surface area contributed by atoms with E-state index in [1.165, 1.54) is 6.07 Å². The first kappa shape index (κ1) is 20.6. The van der Waals surface area contributed by atoms with Crippen LogP contribution < -0.4 is 10.0 Å². The van der Waals surface area contributed by atoms with Crippen molar-refractivity contribution >= 4 is 21.4 Å². The molecule has 0 atom stereocenters. The molecule has 3 heterocycles. The lowest BCUT2D eigenvalue weighted by atomic mass is 10.1. The van der Waals surface area contributed by atoms with Crippen molar-refractivity contribution in [2.75, 3.05) is 31.1 Å². The van der Waals surface area contributed by atoms with Gasteiger partial charge in [0.2, 0.25) is 10.0 Å². The lowest BCUT2D eigenvalue weighted by Crippen LogP contribution is -2.46. The van der Waals surface area contributed by atoms with Gasteiger partial charge in [0.25, 0.3) is 0 Å². The third-order valence-electron chi connectivity index (χ3n) is 5.11. The van der Waals surface area contributed by atoms with Crippen LogP contribution in [0.1, 0.15) is 11.3 Å². The number of sulfonamides is 1. The minimum absolute atomic E-state index is 0.0396. The summed E-state index contributed by atoms with van der Waals surface area (Å²) >= 11 is 0. The molecule has 160 valence electrons. The molecule has 2 N–H and O–H groups in total. The minimum atomic E-state index is -4.69. The van der Waals surface area contributed by atoms with Crippen LogP contribution in [0.4, 0.5) is 18.9 Å². The van der Waals surface area contributed by atoms with Crippen LogP contribution in [0, 0.1) is 0 Å². The van der Waals surface area contributed by atoms with Crippen molar-refractivity contribution in [3.63, 3.8) is 0 Å². The Morgan fingerprint density at radius 3 is 2.43 bits per heavy atom. The molecule has 0 saturated carbocycles. The third-order valence-corrected chi connectivity index (χ3v) is 6.03. The Morgan fingerprint density at radius 1 is 1.07 bits per heavy atom. The van der Waals surface area contributed by atoms with Gasteiger partial charge in [-0.1, -0.05) is 6.07 Å². The predicted molar refractivity (Wildman–Crippen MR) is 105 cm³/mol. The Bertz CT molecular complexity index is 1140. The predicted octanol–water partition coefficient (Wildman–Crippen LogP) is 2.32. The third kappa shape index (κ3) is 4.27. The number of hydrogen-bond donors (Lipinski definition) is 1. The van der Waals surface area contributed by atoms with E-state index in [2.05, 4.69) is 9.88 Å². The van der Waals surface area contributed by atoms with Crippen molar-refractivity contribution in [1.82, 2.24) is 14.3 Å². The average molecular weight is 439 g/mol. The number of aromatic nitrogens is 2. The molecule has 0 amide bonds. The number of hydrogen-bond acceptors (Lipinski definition) is 5. The number of halogens is 3. The van der Waals surface area contributed by atoms with E-state index >= 15 is 0 Å². The largest absolute Gasteiger partial charge is 0.418 e. The van der Waals surface area contributed by atoms with Gasteiger partial charge in [0.1, 0.15) is 5.65 Å². The van der Waals surface area contributed by atoms with E-state index in [1.807, 2.05) is 35.0 Å². The van der Waals surface area contributed by atoms with Gasteiger partial charge in [0.15, 0.2) is 0 Å². The van der Waals surface area contributed by atoms with Gasteiger partial charge in [0.05, 0.1) is 16.2 Å². The first-order valence-electron chi connectivity index (χ1n) is 9.25. The molecule has 0 spiro atoms. The summed E-state index contributed by atoms with van der Waals surface area (Å²) in [5.41, 5.74) is 0.698. The van der Waals surface area contributed by atoms with Crippen LogP contribution in [-0.2, 0) is 22.7 Å². The molecule has 7 nitrogen and oxygen atoms in total. The van der Waals surface area contributed by atoms with Crippen LogP contribution in [0.2, 0.25) is 0 Å². The van der Waals surface area contributed by atoms with Crippen molar-refractivity contribution < 1.29 is 21.6 Å². The number of anilines is 1. The van der Waals surface area contributed by atoms with Crippen LogP contribution in [0.3, 0.4) is 0 Å². The van der Waals surface area contributed by atoms with Gasteiger partial charge >= 0.3 is 6.18 Å². The fourth-order valence-electron chi connectivity index (χ4n) is 3.63. The number of nitrogens with two attached hydrogens (primary N) is 1. The number of fused-ring (bicyclic) bond motifs is 1. The summed E-state index contributed by atoms with van der Waals surface area (Å²) in [6.45, 7) is 2.48. The van der Waals surface area contributed by atoms with E-state index in [0.29, 0.717) is 38.8 Å². The molecule has 0 unspecified atom stereocenters. The maximum atomic E-state index is 13.6. The highest BCUT2D eigenvalue weighted by Crippen LogP contribution is 2.38. The zero-order chi connectivity index (χ0) is 21.5. The summed E-state index contributed by atoms with van der Waals surface area (Å²) in [4.78, 5) is 7.75. The Balaban J connectivity index is 1.49. The summed E-state index contributed by atoms with van der Waals surface area (Å²) in [6, 6.07) is 8.63. The molecule has 0 bridgehead atoms. The molecule has 11 heteroatoms. The number of benzene rings is 1. The molecule has 1 saturated heterocycles. The van der Waals surface area contributed by atoms with E-state index in [0.717, 1.165) is 17.4 Å². The molecule has 1 fully saturated rings. The monoisotopic (exact) mass is 439 g/mol. The first-order valence-corrected chi connectivity index (χ1v) is 10.8. The van der Waals surface area contributed by atoms with Crippen molar-refractivity contribution in [2.45, 2.75) is 17.6 Å². The number of piperazine rings is 1. The summed E-state index contributed by atoms with van der Waals surface area (Å²) in [5.74, 6) is 0. The lowest BCUT2D eigenvalue weighted by molar-refractivity contribution is -0.137. The average Bonchev–Trinajstić information content (AvgIpc) is 3.09. The smallest absolute Gasteiger partial charge is 0.368 e. The second-order valence-corrected chi connectivity index (χ2v) is 8.74. The molecule has 2 aromatic heterocycles. The number of nitrogens with zero attached hydrogens (tertiary/aromatic N) is 4. The molecular weight excluding hydrogens is 419 g/mol. The van der Waals surface area contributed by atoms with E-state index in [1.54, 1.807) is 4.90 Å². The zero-order valence-electron chi connectivity index (χ0n) is 15.9. The number of imidazole rings is 1. The molecule has 0 radical (unpaired) electrons. The van der Waals surface area contributed by atoms with E-state index in [9.17, 15) is 21.6 Å². The fraction of sp³-hybridized carbons (Fsp3) is 0.316. The molecule has 4 rings (SSSR count). The SMILES string of the molecule is NS(=O)(=O)c1ccc(N2CCN(Cc3cn4ccccc4n3)CC2)c(C(F)(F)F)c1. The summed E-state index contributed by atoms with van der Waals surface area (Å²) in [6.07, 6.45) is -0.840. The van der Waals surface area contributed by atoms with Crippen molar-refractivity contribution in [3.05, 3.63) is 60.0 Å². The maximum absolute atomic E-state index is 13.6. The Hall–Kier alpha value is -2.63. The maximum Gasteiger partial charge on any atom is 0.418 e. The molecular formula is C19H20F3N5O2S. The quantitative estimate of drug-likeness (QED) is 0.675. The van der Waals surface area contributed by atoms with Crippen molar-refractivity contribution in [3.8, 4) is 0 Å². The number of primary sulfonamides is 1.